The number of rotatable bonds is 1. The Balaban J connectivity index is 1.69. The van der Waals surface area contributed by atoms with Crippen molar-refractivity contribution < 1.29 is 15.4 Å². The maximum absolute atomic E-state index is 10.9. The molecule has 0 aliphatic heterocycles. The van der Waals surface area contributed by atoms with Crippen LogP contribution in [0.15, 0.2) is 28.5 Å². The number of nitrogens with zero attached hydrogens (tertiary/aromatic N) is 1. The summed E-state index contributed by atoms with van der Waals surface area (Å²) < 4.78 is 0. The summed E-state index contributed by atoms with van der Waals surface area (Å²) in [5, 5.41) is 33.7. The molecule has 0 radical (unpaired) electrons. The van der Waals surface area contributed by atoms with Crippen molar-refractivity contribution in [3.8, 4) is 0 Å². The Kier molecular flexibility index (Phi) is 3.93. The molecule has 0 heterocycles. The van der Waals surface area contributed by atoms with E-state index in [0.717, 1.165) is 37.8 Å². The number of aliphatic hydroxyl groups excluding tert-OH is 2. The van der Waals surface area contributed by atoms with Crippen molar-refractivity contribution in [2.75, 3.05) is 0 Å². The summed E-state index contributed by atoms with van der Waals surface area (Å²) in [6.45, 7) is 6.47. The van der Waals surface area contributed by atoms with Gasteiger partial charge in [0, 0.05) is 11.8 Å². The first-order valence-corrected chi connectivity index (χ1v) is 9.77. The second-order valence-corrected chi connectivity index (χ2v) is 9.23. The number of aliphatic hydroxyl groups is 2. The highest BCUT2D eigenvalue weighted by Gasteiger charge is 2.59. The van der Waals surface area contributed by atoms with Crippen molar-refractivity contribution in [3.63, 3.8) is 0 Å². The molecule has 4 aliphatic carbocycles. The Morgan fingerprint density at radius 2 is 1.92 bits per heavy atom. The van der Waals surface area contributed by atoms with Gasteiger partial charge in [0.2, 0.25) is 0 Å². The summed E-state index contributed by atoms with van der Waals surface area (Å²) in [7, 11) is 0. The van der Waals surface area contributed by atoms with Gasteiger partial charge in [-0.25, -0.2) is 0 Å². The quantitative estimate of drug-likeness (QED) is 0.294. The third-order valence-corrected chi connectivity index (χ3v) is 8.30. The molecule has 0 amide bonds. The molecule has 0 saturated heterocycles. The predicted octanol–water partition coefficient (Wildman–Crippen LogP) is 3.67. The second kappa shape index (κ2) is 5.68. The van der Waals surface area contributed by atoms with E-state index in [1.54, 1.807) is 0 Å². The standard InChI is InChI=1S/C21H31NO3/c1-12(22-25)16-6-7-17-15-5-4-13-10-14(23)11-19(24)21(13,3)18(15)8-9-20(16,17)2/h4,6,14-15,17-19,23-25H,5,7-11H2,1-3H3/b22-12+/t14-,15-,17-,18-,19+,20+,21+/m1/s1. The smallest absolute Gasteiger partial charge is 0.0799 e. The van der Waals surface area contributed by atoms with Crippen molar-refractivity contribution in [2.45, 2.75) is 71.5 Å². The Labute approximate surface area is 150 Å². The minimum Gasteiger partial charge on any atom is -0.411 e. The first-order valence-electron chi connectivity index (χ1n) is 9.77. The van der Waals surface area contributed by atoms with Crippen LogP contribution < -0.4 is 0 Å². The predicted molar refractivity (Wildman–Crippen MR) is 97.5 cm³/mol. The van der Waals surface area contributed by atoms with Crippen LogP contribution in [-0.4, -0.2) is 33.3 Å². The van der Waals surface area contributed by atoms with Gasteiger partial charge in [-0.2, -0.15) is 0 Å². The fourth-order valence-corrected chi connectivity index (χ4v) is 6.88. The zero-order chi connectivity index (χ0) is 18.0. The van der Waals surface area contributed by atoms with E-state index in [1.165, 1.54) is 11.1 Å². The van der Waals surface area contributed by atoms with Gasteiger partial charge in [0.25, 0.3) is 0 Å². The minimum atomic E-state index is -0.450. The molecule has 3 N–H and O–H groups in total. The molecule has 2 saturated carbocycles. The normalized spacial score (nSPS) is 49.6. The van der Waals surface area contributed by atoms with Crippen LogP contribution in [-0.2, 0) is 0 Å². The molecule has 4 heteroatoms. The highest BCUT2D eigenvalue weighted by Crippen LogP contribution is 2.65. The van der Waals surface area contributed by atoms with Crippen LogP contribution in [0.5, 0.6) is 0 Å². The average Bonchev–Trinajstić information content (AvgIpc) is 2.93. The summed E-state index contributed by atoms with van der Waals surface area (Å²) in [6.07, 6.45) is 9.23. The lowest BCUT2D eigenvalue weighted by molar-refractivity contribution is -0.0959. The van der Waals surface area contributed by atoms with Crippen molar-refractivity contribution in [1.82, 2.24) is 0 Å². The van der Waals surface area contributed by atoms with Crippen LogP contribution in [0.4, 0.5) is 0 Å². The van der Waals surface area contributed by atoms with E-state index in [9.17, 15) is 15.4 Å². The summed E-state index contributed by atoms with van der Waals surface area (Å²) in [4.78, 5) is 0. The Hall–Kier alpha value is -1.13. The van der Waals surface area contributed by atoms with Crippen molar-refractivity contribution >= 4 is 5.71 Å². The van der Waals surface area contributed by atoms with Gasteiger partial charge in [-0.05, 0) is 67.8 Å². The number of fused-ring (bicyclic) bond motifs is 5. The van der Waals surface area contributed by atoms with Gasteiger partial charge in [0.05, 0.1) is 17.9 Å². The van der Waals surface area contributed by atoms with Crippen molar-refractivity contribution in [2.24, 2.45) is 33.7 Å². The Morgan fingerprint density at radius 1 is 1.16 bits per heavy atom. The van der Waals surface area contributed by atoms with Crippen LogP contribution in [0.2, 0.25) is 0 Å². The molecule has 0 bridgehead atoms. The monoisotopic (exact) mass is 345 g/mol. The fourth-order valence-electron chi connectivity index (χ4n) is 6.88. The maximum atomic E-state index is 10.9. The average molecular weight is 345 g/mol. The third kappa shape index (κ3) is 2.23. The molecule has 7 atom stereocenters. The molecule has 0 aromatic heterocycles. The van der Waals surface area contributed by atoms with E-state index in [0.29, 0.717) is 24.2 Å². The summed E-state index contributed by atoms with van der Waals surface area (Å²) in [5.41, 5.74) is 3.15. The van der Waals surface area contributed by atoms with E-state index >= 15 is 0 Å². The molecular weight excluding hydrogens is 314 g/mol. The zero-order valence-electron chi connectivity index (χ0n) is 15.6. The number of oxime groups is 1. The Bertz CT molecular complexity index is 666. The molecule has 0 aromatic rings. The third-order valence-electron chi connectivity index (χ3n) is 8.30. The molecule has 2 fully saturated rings. The Morgan fingerprint density at radius 3 is 2.64 bits per heavy atom. The van der Waals surface area contributed by atoms with Gasteiger partial charge in [0.15, 0.2) is 0 Å². The van der Waals surface area contributed by atoms with E-state index < -0.39 is 12.2 Å². The first-order chi connectivity index (χ1) is 11.8. The molecule has 0 unspecified atom stereocenters. The van der Waals surface area contributed by atoms with Crippen LogP contribution in [0.25, 0.3) is 0 Å². The highest BCUT2D eigenvalue weighted by molar-refractivity contribution is 5.99. The molecule has 4 rings (SSSR count). The fraction of sp³-hybridized carbons (Fsp3) is 0.762. The molecule has 25 heavy (non-hydrogen) atoms. The van der Waals surface area contributed by atoms with Crippen LogP contribution in [0, 0.1) is 28.6 Å². The van der Waals surface area contributed by atoms with Crippen molar-refractivity contribution in [3.05, 3.63) is 23.3 Å². The molecule has 4 aliphatic rings. The van der Waals surface area contributed by atoms with Gasteiger partial charge in [0.1, 0.15) is 0 Å². The number of hydrogen-bond donors (Lipinski definition) is 3. The van der Waals surface area contributed by atoms with E-state index in [2.05, 4.69) is 31.2 Å². The lowest BCUT2D eigenvalue weighted by Gasteiger charge is -2.59. The molecule has 138 valence electrons. The zero-order valence-corrected chi connectivity index (χ0v) is 15.6. The van der Waals surface area contributed by atoms with Crippen LogP contribution in [0.1, 0.15) is 59.3 Å². The molecular formula is C21H31NO3. The second-order valence-electron chi connectivity index (χ2n) is 9.23. The molecule has 0 spiro atoms. The number of allylic oxidation sites excluding steroid dienone is 3. The summed E-state index contributed by atoms with van der Waals surface area (Å²) in [5.74, 6) is 1.58. The minimum absolute atomic E-state index is 0.0817. The maximum Gasteiger partial charge on any atom is 0.0799 e. The van der Waals surface area contributed by atoms with Gasteiger partial charge in [-0.1, -0.05) is 36.7 Å². The van der Waals surface area contributed by atoms with E-state index in [-0.39, 0.29) is 10.8 Å². The first kappa shape index (κ1) is 17.3. The molecule has 0 aromatic carbocycles. The SMILES string of the molecule is C/C(=N\O)C1=CC[C@@H]2[C@H]3CC=C4C[C@@H](O)C[C@H](O)[C@]4(C)[C@@H]3CC[C@@]12C. The topological polar surface area (TPSA) is 73.1 Å². The number of hydrogen-bond acceptors (Lipinski definition) is 4. The van der Waals surface area contributed by atoms with E-state index in [4.69, 9.17) is 0 Å². The lowest BCUT2D eigenvalue weighted by atomic mass is 9.46. The highest BCUT2D eigenvalue weighted by atomic mass is 16.4. The largest absolute Gasteiger partial charge is 0.411 e. The summed E-state index contributed by atoms with van der Waals surface area (Å²) >= 11 is 0. The van der Waals surface area contributed by atoms with Crippen LogP contribution >= 0.6 is 0 Å². The van der Waals surface area contributed by atoms with Gasteiger partial charge in [-0.15, -0.1) is 0 Å². The summed E-state index contributed by atoms with van der Waals surface area (Å²) in [6, 6.07) is 0. The van der Waals surface area contributed by atoms with Crippen molar-refractivity contribution in [1.29, 1.82) is 0 Å². The van der Waals surface area contributed by atoms with Gasteiger partial charge < -0.3 is 15.4 Å². The van der Waals surface area contributed by atoms with Crippen LogP contribution in [0.3, 0.4) is 0 Å². The van der Waals surface area contributed by atoms with Gasteiger partial charge >= 0.3 is 0 Å². The molecule has 4 nitrogen and oxygen atoms in total. The lowest BCUT2D eigenvalue weighted by Crippen LogP contribution is -2.55. The van der Waals surface area contributed by atoms with Gasteiger partial charge in [-0.3, -0.25) is 0 Å². The van der Waals surface area contributed by atoms with E-state index in [1.807, 2.05) is 6.92 Å².